The molecule has 1 aliphatic carbocycles. The van der Waals surface area contributed by atoms with E-state index in [2.05, 4.69) is 0 Å². The van der Waals surface area contributed by atoms with Crippen LogP contribution in [0.25, 0.3) is 0 Å². The Morgan fingerprint density at radius 1 is 1.10 bits per heavy atom. The topological polar surface area (TPSA) is 55.2 Å². The maximum Gasteiger partial charge on any atom is 0.259 e. The molecule has 30 heavy (non-hydrogen) atoms. The van der Waals surface area contributed by atoms with Crippen LogP contribution in [0.3, 0.4) is 0 Å². The fourth-order valence-electron chi connectivity index (χ4n) is 4.85. The Bertz CT molecular complexity index is 986. The zero-order valence-electron chi connectivity index (χ0n) is 17.1. The number of carbonyl (C=O) groups is 1. The predicted octanol–water partition coefficient (Wildman–Crippen LogP) is 4.14. The number of hydrogen-bond acceptors (Lipinski definition) is 5. The molecule has 2 aliphatic heterocycles. The summed E-state index contributed by atoms with van der Waals surface area (Å²) >= 11 is 3.21. The van der Waals surface area contributed by atoms with Crippen LogP contribution in [0.1, 0.15) is 55.6 Å². The fourth-order valence-corrected chi connectivity index (χ4v) is 7.31. The number of carbonyl (C=O) groups excluding carboxylic acids is 1. The van der Waals surface area contributed by atoms with Gasteiger partial charge >= 0.3 is 0 Å². The van der Waals surface area contributed by atoms with Gasteiger partial charge in [0.2, 0.25) is 5.91 Å². The molecule has 0 bridgehead atoms. The first-order valence-corrected chi connectivity index (χ1v) is 12.8. The van der Waals surface area contributed by atoms with Gasteiger partial charge in [-0.1, -0.05) is 54.9 Å². The fraction of sp³-hybridized carbons (Fsp3) is 0.522. The van der Waals surface area contributed by atoms with Gasteiger partial charge in [-0.05, 0) is 31.2 Å². The number of thioether (sulfide) groups is 2. The number of rotatable bonds is 5. The Kier molecular flexibility index (Phi) is 5.92. The van der Waals surface area contributed by atoms with Crippen molar-refractivity contribution < 1.29 is 4.79 Å². The first-order valence-electron chi connectivity index (χ1n) is 11.0. The molecule has 2 unspecified atom stereocenters. The van der Waals surface area contributed by atoms with Crippen molar-refractivity contribution in [1.82, 2.24) is 14.5 Å². The number of likely N-dealkylation sites (tertiary alicyclic amines) is 1. The Morgan fingerprint density at radius 2 is 1.87 bits per heavy atom. The van der Waals surface area contributed by atoms with Crippen molar-refractivity contribution in [1.29, 1.82) is 0 Å². The molecule has 3 heterocycles. The summed E-state index contributed by atoms with van der Waals surface area (Å²) in [6.07, 6.45) is 6.87. The minimum Gasteiger partial charge on any atom is -0.342 e. The summed E-state index contributed by atoms with van der Waals surface area (Å²) < 4.78 is 1.81. The summed E-state index contributed by atoms with van der Waals surface area (Å²) in [5.74, 6) is 0.836. The Morgan fingerprint density at radius 3 is 2.67 bits per heavy atom. The van der Waals surface area contributed by atoms with Crippen molar-refractivity contribution in [2.45, 2.75) is 66.4 Å². The number of benzene rings is 1. The molecule has 5 nitrogen and oxygen atoms in total. The van der Waals surface area contributed by atoms with Crippen LogP contribution in [-0.2, 0) is 11.3 Å². The second kappa shape index (κ2) is 8.79. The summed E-state index contributed by atoms with van der Waals surface area (Å²) in [6.45, 7) is 2.21. The van der Waals surface area contributed by atoms with Gasteiger partial charge < -0.3 is 4.90 Å². The normalized spacial score (nSPS) is 22.7. The number of fused-ring (bicyclic) bond motifs is 3. The van der Waals surface area contributed by atoms with Crippen molar-refractivity contribution >= 4 is 29.4 Å². The second-order valence-corrected chi connectivity index (χ2v) is 10.6. The molecule has 5 rings (SSSR count). The van der Waals surface area contributed by atoms with Gasteiger partial charge in [0.1, 0.15) is 5.03 Å². The van der Waals surface area contributed by atoms with Crippen LogP contribution in [0, 0.1) is 0 Å². The van der Waals surface area contributed by atoms with Gasteiger partial charge in [-0.15, -0.1) is 11.8 Å². The summed E-state index contributed by atoms with van der Waals surface area (Å²) in [4.78, 5) is 33.1. The first kappa shape index (κ1) is 20.2. The average Bonchev–Trinajstić information content (AvgIpc) is 3.43. The van der Waals surface area contributed by atoms with Crippen LogP contribution >= 0.6 is 23.5 Å². The van der Waals surface area contributed by atoms with Gasteiger partial charge in [0, 0.05) is 24.3 Å². The lowest BCUT2D eigenvalue weighted by Crippen LogP contribution is -2.31. The van der Waals surface area contributed by atoms with E-state index >= 15 is 0 Å². The molecule has 1 aromatic heterocycles. The zero-order valence-corrected chi connectivity index (χ0v) is 18.7. The summed E-state index contributed by atoms with van der Waals surface area (Å²) in [7, 11) is 0. The van der Waals surface area contributed by atoms with Crippen LogP contribution < -0.4 is 5.56 Å². The highest BCUT2D eigenvalue weighted by Gasteiger charge is 2.39. The highest BCUT2D eigenvalue weighted by Crippen LogP contribution is 2.50. The van der Waals surface area contributed by atoms with E-state index in [1.165, 1.54) is 31.0 Å². The smallest absolute Gasteiger partial charge is 0.259 e. The van der Waals surface area contributed by atoms with Crippen LogP contribution in [0.15, 0.2) is 45.3 Å². The number of hydrogen-bond donors (Lipinski definition) is 0. The Hall–Kier alpha value is -1.73. The average molecular weight is 442 g/mol. The third kappa shape index (κ3) is 3.94. The summed E-state index contributed by atoms with van der Waals surface area (Å²) in [5.41, 5.74) is 2.11. The molecular weight excluding hydrogens is 414 g/mol. The van der Waals surface area contributed by atoms with Gasteiger partial charge in [-0.25, -0.2) is 4.98 Å². The van der Waals surface area contributed by atoms with Gasteiger partial charge in [0.25, 0.3) is 5.56 Å². The molecule has 2 atom stereocenters. The highest BCUT2D eigenvalue weighted by molar-refractivity contribution is 8.00. The van der Waals surface area contributed by atoms with E-state index in [-0.39, 0.29) is 11.5 Å². The van der Waals surface area contributed by atoms with Gasteiger partial charge in [-0.3, -0.25) is 14.2 Å². The lowest BCUT2D eigenvalue weighted by Gasteiger charge is -2.24. The van der Waals surface area contributed by atoms with Crippen molar-refractivity contribution in [2.24, 2.45) is 0 Å². The number of nitrogens with zero attached hydrogens (tertiary/aromatic N) is 3. The van der Waals surface area contributed by atoms with Gasteiger partial charge in [0.15, 0.2) is 5.16 Å². The predicted molar refractivity (Wildman–Crippen MR) is 121 cm³/mol. The molecule has 0 spiro atoms. The third-order valence-corrected chi connectivity index (χ3v) is 8.80. The Labute approximate surface area is 185 Å². The van der Waals surface area contributed by atoms with E-state index in [1.807, 2.05) is 39.8 Å². The van der Waals surface area contributed by atoms with E-state index in [4.69, 9.17) is 4.98 Å². The van der Waals surface area contributed by atoms with E-state index in [9.17, 15) is 9.59 Å². The Balaban J connectivity index is 1.47. The summed E-state index contributed by atoms with van der Waals surface area (Å²) in [5, 5.41) is 2.09. The standard InChI is InChI=1S/C23H27N3O2S2/c27-19(25-12-6-7-13-25)15-29-23-24-21-20(17-10-4-5-11-18(17)30-21)22(28)26(23)14-16-8-2-1-3-9-16/h1-3,8-9,17-18H,4-7,10-15H2. The number of aromatic nitrogens is 2. The third-order valence-electron chi connectivity index (χ3n) is 6.44. The molecule has 1 saturated heterocycles. The molecule has 0 N–H and O–H groups in total. The van der Waals surface area contributed by atoms with Crippen molar-refractivity contribution in [3.05, 3.63) is 51.8 Å². The molecule has 7 heteroatoms. The molecule has 158 valence electrons. The maximum atomic E-state index is 13.6. The molecule has 1 saturated carbocycles. The molecular formula is C23H27N3O2S2. The minimum absolute atomic E-state index is 0.0990. The van der Waals surface area contributed by atoms with E-state index in [0.717, 1.165) is 48.5 Å². The zero-order chi connectivity index (χ0) is 20.5. The molecule has 2 aromatic rings. The molecule has 2 fully saturated rings. The minimum atomic E-state index is 0.0990. The summed E-state index contributed by atoms with van der Waals surface area (Å²) in [6, 6.07) is 10.1. The van der Waals surface area contributed by atoms with Crippen LogP contribution in [0.2, 0.25) is 0 Å². The first-order chi connectivity index (χ1) is 14.7. The quantitative estimate of drug-likeness (QED) is 0.397. The van der Waals surface area contributed by atoms with Crippen molar-refractivity contribution in [2.75, 3.05) is 18.8 Å². The van der Waals surface area contributed by atoms with Crippen molar-refractivity contribution in [3.63, 3.8) is 0 Å². The van der Waals surface area contributed by atoms with Crippen LogP contribution in [-0.4, -0.2) is 44.5 Å². The molecule has 1 aromatic carbocycles. The molecule has 1 amide bonds. The monoisotopic (exact) mass is 441 g/mol. The molecule has 3 aliphatic rings. The number of amides is 1. The lowest BCUT2D eigenvalue weighted by atomic mass is 9.85. The van der Waals surface area contributed by atoms with E-state index < -0.39 is 0 Å². The van der Waals surface area contributed by atoms with Gasteiger partial charge in [0.05, 0.1) is 17.9 Å². The SMILES string of the molecule is O=C(CSc1nc2c(c(=O)n1Cc1ccccc1)C1CCCCC1S2)N1CCCC1. The maximum absolute atomic E-state index is 13.6. The molecule has 0 radical (unpaired) electrons. The van der Waals surface area contributed by atoms with E-state index in [0.29, 0.717) is 28.6 Å². The van der Waals surface area contributed by atoms with Crippen LogP contribution in [0.4, 0.5) is 0 Å². The second-order valence-electron chi connectivity index (χ2n) is 8.41. The van der Waals surface area contributed by atoms with Gasteiger partial charge in [-0.2, -0.15) is 0 Å². The van der Waals surface area contributed by atoms with E-state index in [1.54, 1.807) is 11.8 Å². The largest absolute Gasteiger partial charge is 0.342 e. The van der Waals surface area contributed by atoms with Crippen LogP contribution in [0.5, 0.6) is 0 Å². The highest BCUT2D eigenvalue weighted by atomic mass is 32.2. The lowest BCUT2D eigenvalue weighted by molar-refractivity contribution is -0.127. The van der Waals surface area contributed by atoms with Crippen molar-refractivity contribution in [3.8, 4) is 0 Å².